The Morgan fingerprint density at radius 2 is 2.29 bits per heavy atom. The summed E-state index contributed by atoms with van der Waals surface area (Å²) in [4.78, 5) is 22.3. The number of hydrogen-bond acceptors (Lipinski definition) is 3. The summed E-state index contributed by atoms with van der Waals surface area (Å²) in [5.74, 6) is 1.17. The van der Waals surface area contributed by atoms with Crippen LogP contribution in [0, 0.1) is 12.3 Å². The molecule has 1 amide bonds. The van der Waals surface area contributed by atoms with Crippen LogP contribution in [-0.2, 0) is 9.59 Å². The molecule has 21 heavy (non-hydrogen) atoms. The topological polar surface area (TPSA) is 75.6 Å². The third-order valence-electron chi connectivity index (χ3n) is 2.41. The minimum absolute atomic E-state index is 0.110. The molecule has 2 N–H and O–H groups in total. The largest absolute Gasteiger partial charge is 0.480 e. The van der Waals surface area contributed by atoms with Crippen LogP contribution in [-0.4, -0.2) is 29.6 Å². The Balaban J connectivity index is 2.90. The summed E-state index contributed by atoms with van der Waals surface area (Å²) in [6.45, 7) is 1.67. The quantitative estimate of drug-likeness (QED) is 0.622. The zero-order valence-electron chi connectivity index (χ0n) is 11.3. The lowest BCUT2D eigenvalue weighted by Crippen LogP contribution is -2.36. The van der Waals surface area contributed by atoms with Crippen molar-refractivity contribution in [2.75, 3.05) is 6.54 Å². The molecule has 0 aliphatic rings. The second kappa shape index (κ2) is 7.98. The predicted octanol–water partition coefficient (Wildman–Crippen LogP) is 1.95. The summed E-state index contributed by atoms with van der Waals surface area (Å²) >= 11 is 5.86. The molecule has 0 radical (unpaired) electrons. The Bertz CT molecular complexity index is 604. The average Bonchev–Trinajstić information content (AvgIpc) is 2.44. The second-order valence-corrected chi connectivity index (χ2v) is 4.47. The van der Waals surface area contributed by atoms with Crippen molar-refractivity contribution < 1.29 is 19.4 Å². The average molecular weight is 308 g/mol. The van der Waals surface area contributed by atoms with Gasteiger partial charge in [-0.05, 0) is 31.2 Å². The number of rotatable bonds is 6. The van der Waals surface area contributed by atoms with Gasteiger partial charge >= 0.3 is 5.97 Å². The van der Waals surface area contributed by atoms with Gasteiger partial charge in [0.2, 0.25) is 0 Å². The van der Waals surface area contributed by atoms with Gasteiger partial charge in [-0.3, -0.25) is 4.79 Å². The van der Waals surface area contributed by atoms with Gasteiger partial charge in [0.15, 0.2) is 6.10 Å². The number of amides is 1. The van der Waals surface area contributed by atoms with E-state index in [4.69, 9.17) is 27.9 Å². The standard InChI is InChI=1S/C15H14ClNO4/c1-3-8-17-15(20)10(2)21-13-6-5-12(16)9-11(13)4-7-14(18)19/h1,4-7,9-10H,8H2,2H3,(H,17,20)(H,18,19)/b7-4+. The lowest BCUT2D eigenvalue weighted by molar-refractivity contribution is -0.131. The molecule has 0 aromatic heterocycles. The summed E-state index contributed by atoms with van der Waals surface area (Å²) < 4.78 is 5.51. The molecule has 5 nitrogen and oxygen atoms in total. The van der Waals surface area contributed by atoms with Crippen molar-refractivity contribution in [3.8, 4) is 18.1 Å². The normalized spacial score (nSPS) is 11.7. The van der Waals surface area contributed by atoms with Crippen LogP contribution in [0.4, 0.5) is 0 Å². The van der Waals surface area contributed by atoms with Gasteiger partial charge in [-0.25, -0.2) is 4.79 Å². The molecule has 0 bridgehead atoms. The predicted molar refractivity (Wildman–Crippen MR) is 80.1 cm³/mol. The first kappa shape index (κ1) is 16.6. The molecular weight excluding hydrogens is 294 g/mol. The highest BCUT2D eigenvalue weighted by Gasteiger charge is 2.15. The third kappa shape index (κ3) is 5.59. The fourth-order valence-electron chi connectivity index (χ4n) is 1.44. The van der Waals surface area contributed by atoms with Crippen LogP contribution in [0.3, 0.4) is 0 Å². The van der Waals surface area contributed by atoms with Crippen LogP contribution >= 0.6 is 11.6 Å². The Morgan fingerprint density at radius 3 is 2.90 bits per heavy atom. The number of aliphatic carboxylic acids is 1. The minimum atomic E-state index is -1.10. The van der Waals surface area contributed by atoms with E-state index in [1.807, 2.05) is 0 Å². The molecule has 110 valence electrons. The van der Waals surface area contributed by atoms with Crippen molar-refractivity contribution in [1.29, 1.82) is 0 Å². The zero-order valence-corrected chi connectivity index (χ0v) is 12.1. The molecule has 1 rings (SSSR count). The van der Waals surface area contributed by atoms with Crippen molar-refractivity contribution >= 4 is 29.6 Å². The molecule has 1 aromatic rings. The van der Waals surface area contributed by atoms with Gasteiger partial charge in [-0.2, -0.15) is 0 Å². The molecule has 0 aliphatic carbocycles. The smallest absolute Gasteiger partial charge is 0.328 e. The molecular formula is C15H14ClNO4. The van der Waals surface area contributed by atoms with E-state index in [0.29, 0.717) is 16.3 Å². The maximum absolute atomic E-state index is 11.7. The van der Waals surface area contributed by atoms with E-state index in [0.717, 1.165) is 6.08 Å². The van der Waals surface area contributed by atoms with Crippen molar-refractivity contribution in [2.24, 2.45) is 0 Å². The summed E-state index contributed by atoms with van der Waals surface area (Å²) in [6.07, 6.45) is 6.58. The first-order valence-electron chi connectivity index (χ1n) is 6.02. The number of ether oxygens (including phenoxy) is 1. The van der Waals surface area contributed by atoms with Gasteiger partial charge in [-0.15, -0.1) is 6.42 Å². The van der Waals surface area contributed by atoms with E-state index < -0.39 is 12.1 Å². The van der Waals surface area contributed by atoms with Crippen LogP contribution in [0.2, 0.25) is 5.02 Å². The molecule has 0 aliphatic heterocycles. The Hall–Kier alpha value is -2.45. The van der Waals surface area contributed by atoms with Crippen LogP contribution in [0.25, 0.3) is 6.08 Å². The SMILES string of the molecule is C#CCNC(=O)C(C)Oc1ccc(Cl)cc1/C=C/C(=O)O. The van der Waals surface area contributed by atoms with Crippen molar-refractivity contribution in [3.63, 3.8) is 0 Å². The third-order valence-corrected chi connectivity index (χ3v) is 2.65. The lowest BCUT2D eigenvalue weighted by Gasteiger charge is -2.15. The molecule has 1 aromatic carbocycles. The highest BCUT2D eigenvalue weighted by molar-refractivity contribution is 6.30. The van der Waals surface area contributed by atoms with Crippen LogP contribution in [0.15, 0.2) is 24.3 Å². The van der Waals surface area contributed by atoms with E-state index in [9.17, 15) is 9.59 Å². The number of carboxylic acids is 1. The van der Waals surface area contributed by atoms with Crippen LogP contribution < -0.4 is 10.1 Å². The number of nitrogens with one attached hydrogen (secondary N) is 1. The fraction of sp³-hybridized carbons (Fsp3) is 0.200. The monoisotopic (exact) mass is 307 g/mol. The summed E-state index contributed by atoms with van der Waals surface area (Å²) in [7, 11) is 0. The summed E-state index contributed by atoms with van der Waals surface area (Å²) in [5.41, 5.74) is 0.460. The first-order valence-corrected chi connectivity index (χ1v) is 6.40. The van der Waals surface area contributed by atoms with E-state index >= 15 is 0 Å². The number of benzene rings is 1. The highest BCUT2D eigenvalue weighted by Crippen LogP contribution is 2.25. The maximum Gasteiger partial charge on any atom is 0.328 e. The molecule has 0 heterocycles. The van der Waals surface area contributed by atoms with Crippen LogP contribution in [0.1, 0.15) is 12.5 Å². The summed E-state index contributed by atoms with van der Waals surface area (Å²) in [5, 5.41) is 11.6. The minimum Gasteiger partial charge on any atom is -0.480 e. The van der Waals surface area contributed by atoms with Gasteiger partial charge in [0.05, 0.1) is 6.54 Å². The van der Waals surface area contributed by atoms with Gasteiger partial charge in [-0.1, -0.05) is 17.5 Å². The van der Waals surface area contributed by atoms with Crippen molar-refractivity contribution in [2.45, 2.75) is 13.0 Å². The molecule has 6 heteroatoms. The number of terminal acetylenes is 1. The lowest BCUT2D eigenvalue weighted by atomic mass is 10.2. The van der Waals surface area contributed by atoms with Crippen molar-refractivity contribution in [1.82, 2.24) is 5.32 Å². The van der Waals surface area contributed by atoms with Gasteiger partial charge in [0.1, 0.15) is 5.75 Å². The van der Waals surface area contributed by atoms with Crippen LogP contribution in [0.5, 0.6) is 5.75 Å². The van der Waals surface area contributed by atoms with E-state index in [1.54, 1.807) is 25.1 Å². The Labute approximate surface area is 127 Å². The number of hydrogen-bond donors (Lipinski definition) is 2. The molecule has 0 saturated carbocycles. The molecule has 0 fully saturated rings. The van der Waals surface area contributed by atoms with E-state index in [2.05, 4.69) is 11.2 Å². The maximum atomic E-state index is 11.7. The van der Waals surface area contributed by atoms with E-state index in [1.165, 1.54) is 6.08 Å². The number of carbonyl (C=O) groups excluding carboxylic acids is 1. The number of halogens is 1. The fourth-order valence-corrected chi connectivity index (χ4v) is 1.62. The summed E-state index contributed by atoms with van der Waals surface area (Å²) in [6, 6.07) is 4.69. The second-order valence-electron chi connectivity index (χ2n) is 4.04. The zero-order chi connectivity index (χ0) is 15.8. The van der Waals surface area contributed by atoms with Gasteiger partial charge < -0.3 is 15.2 Å². The number of carboxylic acid groups (broad SMARTS) is 1. The number of carbonyl (C=O) groups is 2. The highest BCUT2D eigenvalue weighted by atomic mass is 35.5. The molecule has 0 saturated heterocycles. The molecule has 0 spiro atoms. The van der Waals surface area contributed by atoms with Gasteiger partial charge in [0.25, 0.3) is 5.91 Å². The molecule has 1 unspecified atom stereocenters. The van der Waals surface area contributed by atoms with Crippen molar-refractivity contribution in [3.05, 3.63) is 34.9 Å². The molecule has 1 atom stereocenters. The van der Waals surface area contributed by atoms with E-state index in [-0.39, 0.29) is 12.5 Å². The van der Waals surface area contributed by atoms with Gasteiger partial charge in [0, 0.05) is 16.7 Å². The Kier molecular flexibility index (Phi) is 6.31. The Morgan fingerprint density at radius 1 is 1.57 bits per heavy atom. The first-order chi connectivity index (χ1) is 9.93.